The van der Waals surface area contributed by atoms with Crippen LogP contribution in [0.1, 0.15) is 12.8 Å². The molecule has 0 N–H and O–H groups in total. The Bertz CT molecular complexity index is 303. The zero-order valence-corrected chi connectivity index (χ0v) is 10.4. The normalized spacial score (nSPS) is 17.2. The Balaban J connectivity index is 2.74. The molecule has 0 spiro atoms. The molecule has 0 aromatic heterocycles. The maximum absolute atomic E-state index is 3.65. The summed E-state index contributed by atoms with van der Waals surface area (Å²) in [5.41, 5.74) is 2.76. The van der Waals surface area contributed by atoms with Crippen molar-refractivity contribution in [1.82, 2.24) is 0 Å². The van der Waals surface area contributed by atoms with Crippen LogP contribution in [0.4, 0.5) is 0 Å². The van der Waals surface area contributed by atoms with Gasteiger partial charge in [-0.05, 0) is 24.0 Å². The van der Waals surface area contributed by atoms with Crippen LogP contribution in [0, 0.1) is 0 Å². The number of alkyl halides is 1. The third-order valence-electron chi connectivity index (χ3n) is 2.05. The molecule has 1 heteroatoms. The summed E-state index contributed by atoms with van der Waals surface area (Å²) in [6.45, 7) is 3.65. The number of rotatable bonds is 4. The van der Waals surface area contributed by atoms with Gasteiger partial charge in [0.1, 0.15) is 0 Å². The highest BCUT2D eigenvalue weighted by molar-refractivity contribution is 14.1. The first-order valence-corrected chi connectivity index (χ1v) is 6.32. The van der Waals surface area contributed by atoms with Gasteiger partial charge in [0.2, 0.25) is 0 Å². The zero-order valence-electron chi connectivity index (χ0n) is 8.25. The first-order valence-electron chi connectivity index (χ1n) is 4.79. The summed E-state index contributed by atoms with van der Waals surface area (Å²) in [6.07, 6.45) is 17.1. The van der Waals surface area contributed by atoms with Gasteiger partial charge in [-0.25, -0.2) is 0 Å². The van der Waals surface area contributed by atoms with Gasteiger partial charge in [-0.1, -0.05) is 71.7 Å². The van der Waals surface area contributed by atoms with E-state index >= 15 is 0 Å². The fraction of sp³-hybridized carbons (Fsp3) is 0.231. The van der Waals surface area contributed by atoms with E-state index in [-0.39, 0.29) is 0 Å². The molecule has 0 unspecified atom stereocenters. The van der Waals surface area contributed by atoms with Crippen molar-refractivity contribution in [2.75, 3.05) is 4.43 Å². The molecule has 0 atom stereocenters. The van der Waals surface area contributed by atoms with Crippen LogP contribution in [0.15, 0.2) is 60.3 Å². The molecule has 0 aliphatic heterocycles. The molecule has 0 nitrogen and oxygen atoms in total. The molecular formula is C13H15I. The maximum atomic E-state index is 3.65. The molecule has 1 aliphatic rings. The highest BCUT2D eigenvalue weighted by atomic mass is 127. The van der Waals surface area contributed by atoms with Gasteiger partial charge >= 0.3 is 0 Å². The lowest BCUT2D eigenvalue weighted by Gasteiger charge is -2.08. The number of allylic oxidation sites excluding steroid dienone is 9. The Morgan fingerprint density at radius 3 is 2.86 bits per heavy atom. The first kappa shape index (κ1) is 11.5. The molecule has 0 saturated heterocycles. The highest BCUT2D eigenvalue weighted by Crippen LogP contribution is 2.19. The minimum atomic E-state index is 1.05. The lowest BCUT2D eigenvalue weighted by Crippen LogP contribution is -1.91. The van der Waals surface area contributed by atoms with E-state index < -0.39 is 0 Å². The number of hydrogen-bond acceptors (Lipinski definition) is 0. The maximum Gasteiger partial charge on any atom is 0.0252 e. The minimum absolute atomic E-state index is 1.05. The Hall–Kier alpha value is -0.570. The van der Waals surface area contributed by atoms with Crippen molar-refractivity contribution < 1.29 is 0 Å². The van der Waals surface area contributed by atoms with Crippen LogP contribution in [0.5, 0.6) is 0 Å². The number of halogens is 1. The third kappa shape index (κ3) is 3.66. The summed E-state index contributed by atoms with van der Waals surface area (Å²) in [7, 11) is 0. The van der Waals surface area contributed by atoms with Gasteiger partial charge in [-0.15, -0.1) is 0 Å². The van der Waals surface area contributed by atoms with Gasteiger partial charge in [0.05, 0.1) is 0 Å². The topological polar surface area (TPSA) is 0 Å². The van der Waals surface area contributed by atoms with Gasteiger partial charge in [0.25, 0.3) is 0 Å². The quantitative estimate of drug-likeness (QED) is 0.411. The van der Waals surface area contributed by atoms with Crippen LogP contribution in [0.25, 0.3) is 0 Å². The molecule has 74 valence electrons. The van der Waals surface area contributed by atoms with Crippen molar-refractivity contribution in [1.29, 1.82) is 0 Å². The van der Waals surface area contributed by atoms with Gasteiger partial charge < -0.3 is 0 Å². The molecule has 0 amide bonds. The van der Waals surface area contributed by atoms with Gasteiger partial charge in [-0.3, -0.25) is 0 Å². The van der Waals surface area contributed by atoms with Crippen LogP contribution < -0.4 is 0 Å². The van der Waals surface area contributed by atoms with E-state index in [0.717, 1.165) is 4.43 Å². The zero-order chi connectivity index (χ0) is 10.2. The average molecular weight is 298 g/mol. The summed E-state index contributed by atoms with van der Waals surface area (Å²) in [5, 5.41) is 0. The van der Waals surface area contributed by atoms with E-state index in [1.54, 1.807) is 6.08 Å². The summed E-state index contributed by atoms with van der Waals surface area (Å²) in [6, 6.07) is 0. The SMILES string of the molecule is C=C/C=C\C=C(/CI)C1=CCCC=C1. The monoisotopic (exact) mass is 298 g/mol. The molecule has 0 bridgehead atoms. The molecule has 0 aromatic rings. The van der Waals surface area contributed by atoms with Crippen LogP contribution in [-0.2, 0) is 0 Å². The smallest absolute Gasteiger partial charge is 0.0252 e. The van der Waals surface area contributed by atoms with Crippen molar-refractivity contribution >= 4 is 22.6 Å². The molecule has 14 heavy (non-hydrogen) atoms. The number of hydrogen-bond donors (Lipinski definition) is 0. The van der Waals surface area contributed by atoms with Crippen LogP contribution in [0.2, 0.25) is 0 Å². The van der Waals surface area contributed by atoms with E-state index in [1.807, 2.05) is 12.2 Å². The van der Waals surface area contributed by atoms with E-state index in [0.29, 0.717) is 0 Å². The van der Waals surface area contributed by atoms with E-state index in [9.17, 15) is 0 Å². The lowest BCUT2D eigenvalue weighted by molar-refractivity contribution is 1.02. The van der Waals surface area contributed by atoms with Crippen molar-refractivity contribution in [3.8, 4) is 0 Å². The minimum Gasteiger partial charge on any atom is -0.0991 e. The van der Waals surface area contributed by atoms with Crippen molar-refractivity contribution in [2.45, 2.75) is 12.8 Å². The second-order valence-corrected chi connectivity index (χ2v) is 3.85. The Morgan fingerprint density at radius 2 is 2.29 bits per heavy atom. The Labute approximate surface area is 99.9 Å². The van der Waals surface area contributed by atoms with Crippen LogP contribution in [-0.4, -0.2) is 4.43 Å². The first-order chi connectivity index (χ1) is 6.88. The molecular weight excluding hydrogens is 283 g/mol. The second-order valence-electron chi connectivity index (χ2n) is 3.09. The summed E-state index contributed by atoms with van der Waals surface area (Å²) in [4.78, 5) is 0. The van der Waals surface area contributed by atoms with E-state index in [4.69, 9.17) is 0 Å². The molecule has 0 heterocycles. The van der Waals surface area contributed by atoms with E-state index in [1.165, 1.54) is 24.0 Å². The fourth-order valence-corrected chi connectivity index (χ4v) is 2.01. The predicted octanol–water partition coefficient (Wildman–Crippen LogP) is 4.37. The molecule has 0 fully saturated rings. The predicted molar refractivity (Wildman–Crippen MR) is 72.8 cm³/mol. The highest BCUT2D eigenvalue weighted by Gasteiger charge is 2.01. The van der Waals surface area contributed by atoms with Crippen molar-refractivity contribution in [3.63, 3.8) is 0 Å². The lowest BCUT2D eigenvalue weighted by atomic mass is 10.0. The Morgan fingerprint density at radius 1 is 1.43 bits per heavy atom. The Kier molecular flexibility index (Phi) is 5.60. The third-order valence-corrected chi connectivity index (χ3v) is 2.88. The van der Waals surface area contributed by atoms with Gasteiger partial charge in [0, 0.05) is 4.43 Å². The van der Waals surface area contributed by atoms with Gasteiger partial charge in [-0.2, -0.15) is 0 Å². The van der Waals surface area contributed by atoms with Crippen LogP contribution >= 0.6 is 22.6 Å². The molecule has 1 aliphatic carbocycles. The van der Waals surface area contributed by atoms with E-state index in [2.05, 4.69) is 53.5 Å². The van der Waals surface area contributed by atoms with Crippen molar-refractivity contribution in [2.24, 2.45) is 0 Å². The summed E-state index contributed by atoms with van der Waals surface area (Å²) >= 11 is 2.40. The average Bonchev–Trinajstić information content (AvgIpc) is 2.26. The second kappa shape index (κ2) is 6.82. The van der Waals surface area contributed by atoms with Crippen molar-refractivity contribution in [3.05, 3.63) is 60.3 Å². The fourth-order valence-electron chi connectivity index (χ4n) is 1.32. The largest absolute Gasteiger partial charge is 0.0991 e. The summed E-state index contributed by atoms with van der Waals surface area (Å²) in [5.74, 6) is 0. The molecule has 0 aromatic carbocycles. The molecule has 1 rings (SSSR count). The molecule has 0 saturated carbocycles. The van der Waals surface area contributed by atoms with Gasteiger partial charge in [0.15, 0.2) is 0 Å². The standard InChI is InChI=1S/C13H15I/c1-2-3-5-10-13(11-14)12-8-6-4-7-9-12/h2-3,5-6,8-10H,1,4,7,11H2/b5-3-,13-10+. The summed E-state index contributed by atoms with van der Waals surface area (Å²) < 4.78 is 1.05. The van der Waals surface area contributed by atoms with Crippen LogP contribution in [0.3, 0.4) is 0 Å². The molecule has 0 radical (unpaired) electrons.